The minimum absolute atomic E-state index is 0.373. The third kappa shape index (κ3) is 3.32. The fourth-order valence-electron chi connectivity index (χ4n) is 3.57. The summed E-state index contributed by atoms with van der Waals surface area (Å²) in [7, 11) is 1.70. The third-order valence-corrected chi connectivity index (χ3v) is 4.75. The van der Waals surface area contributed by atoms with Crippen molar-refractivity contribution in [2.45, 2.75) is 52.5 Å². The van der Waals surface area contributed by atoms with Gasteiger partial charge in [0.15, 0.2) is 0 Å². The van der Waals surface area contributed by atoms with Crippen molar-refractivity contribution >= 4 is 0 Å². The van der Waals surface area contributed by atoms with Crippen molar-refractivity contribution in [1.29, 1.82) is 0 Å². The average Bonchev–Trinajstić information content (AvgIpc) is 2.45. The largest absolute Gasteiger partial charge is 0.495 e. The standard InChI is InChI=1S/C17H28N2O/c1-5-19-16(13-10-14(20-4)12-18-11-13)15-8-6-7-9-17(15,2)3/h10-12,15-16,19H,5-9H2,1-4H3. The van der Waals surface area contributed by atoms with Crippen LogP contribution in [0.5, 0.6) is 5.75 Å². The van der Waals surface area contributed by atoms with Gasteiger partial charge in [0.05, 0.1) is 13.3 Å². The topological polar surface area (TPSA) is 34.2 Å². The van der Waals surface area contributed by atoms with Crippen molar-refractivity contribution in [3.63, 3.8) is 0 Å². The highest BCUT2D eigenvalue weighted by molar-refractivity contribution is 5.27. The Bertz CT molecular complexity index is 431. The van der Waals surface area contributed by atoms with Gasteiger partial charge in [-0.15, -0.1) is 0 Å². The first kappa shape index (κ1) is 15.3. The van der Waals surface area contributed by atoms with E-state index < -0.39 is 0 Å². The number of hydrogen-bond acceptors (Lipinski definition) is 3. The van der Waals surface area contributed by atoms with Crippen LogP contribution in [-0.4, -0.2) is 18.6 Å². The SMILES string of the molecule is CCNC(c1cncc(OC)c1)C1CCCCC1(C)C. The second-order valence-corrected chi connectivity index (χ2v) is 6.53. The molecule has 1 fully saturated rings. The molecule has 1 aromatic heterocycles. The van der Waals surface area contributed by atoms with Crippen molar-refractivity contribution in [2.75, 3.05) is 13.7 Å². The Labute approximate surface area is 123 Å². The zero-order chi connectivity index (χ0) is 14.6. The molecule has 1 aliphatic carbocycles. The molecule has 2 atom stereocenters. The van der Waals surface area contributed by atoms with Crippen molar-refractivity contribution in [2.24, 2.45) is 11.3 Å². The fraction of sp³-hybridized carbons (Fsp3) is 0.706. The molecule has 0 amide bonds. The van der Waals surface area contributed by atoms with Crippen molar-refractivity contribution in [3.8, 4) is 5.75 Å². The lowest BCUT2D eigenvalue weighted by molar-refractivity contribution is 0.0986. The van der Waals surface area contributed by atoms with Crippen molar-refractivity contribution in [3.05, 3.63) is 24.0 Å². The van der Waals surface area contributed by atoms with Crippen LogP contribution in [0.15, 0.2) is 18.5 Å². The van der Waals surface area contributed by atoms with Crippen LogP contribution < -0.4 is 10.1 Å². The molecule has 3 nitrogen and oxygen atoms in total. The Hall–Kier alpha value is -1.09. The van der Waals surface area contributed by atoms with Gasteiger partial charge >= 0.3 is 0 Å². The maximum absolute atomic E-state index is 5.33. The van der Waals surface area contributed by atoms with Crippen LogP contribution >= 0.6 is 0 Å². The molecular formula is C17H28N2O. The monoisotopic (exact) mass is 276 g/mol. The number of hydrogen-bond donors (Lipinski definition) is 1. The van der Waals surface area contributed by atoms with E-state index in [1.165, 1.54) is 31.2 Å². The smallest absolute Gasteiger partial charge is 0.137 e. The molecule has 0 aliphatic heterocycles. The molecule has 0 aromatic carbocycles. The number of pyridine rings is 1. The second-order valence-electron chi connectivity index (χ2n) is 6.53. The molecule has 20 heavy (non-hydrogen) atoms. The van der Waals surface area contributed by atoms with E-state index in [0.717, 1.165) is 12.3 Å². The van der Waals surface area contributed by atoms with E-state index in [1.54, 1.807) is 13.3 Å². The maximum Gasteiger partial charge on any atom is 0.137 e. The molecule has 1 saturated carbocycles. The molecule has 1 aliphatic rings. The summed E-state index contributed by atoms with van der Waals surface area (Å²) in [5, 5.41) is 3.68. The van der Waals surface area contributed by atoms with E-state index in [2.05, 4.69) is 37.1 Å². The van der Waals surface area contributed by atoms with E-state index >= 15 is 0 Å². The molecule has 2 rings (SSSR count). The van der Waals surface area contributed by atoms with E-state index in [1.807, 2.05) is 6.20 Å². The molecular weight excluding hydrogens is 248 g/mol. The Kier molecular flexibility index (Phi) is 5.03. The maximum atomic E-state index is 5.33. The lowest BCUT2D eigenvalue weighted by Gasteiger charge is -2.43. The van der Waals surface area contributed by atoms with Gasteiger partial charge < -0.3 is 10.1 Å². The lowest BCUT2D eigenvalue weighted by Crippen LogP contribution is -2.39. The van der Waals surface area contributed by atoms with E-state index in [0.29, 0.717) is 17.4 Å². The van der Waals surface area contributed by atoms with Crippen LogP contribution in [-0.2, 0) is 0 Å². The van der Waals surface area contributed by atoms with Gasteiger partial charge in [-0.1, -0.05) is 33.6 Å². The van der Waals surface area contributed by atoms with Crippen LogP contribution in [0, 0.1) is 11.3 Å². The zero-order valence-corrected chi connectivity index (χ0v) is 13.3. The summed E-state index contributed by atoms with van der Waals surface area (Å²) >= 11 is 0. The normalized spacial score (nSPS) is 23.3. The number of nitrogens with one attached hydrogen (secondary N) is 1. The lowest BCUT2D eigenvalue weighted by atomic mass is 9.65. The zero-order valence-electron chi connectivity index (χ0n) is 13.3. The summed E-state index contributed by atoms with van der Waals surface area (Å²) in [6.45, 7) is 7.98. The number of methoxy groups -OCH3 is 1. The number of ether oxygens (including phenoxy) is 1. The summed E-state index contributed by atoms with van der Waals surface area (Å²) < 4.78 is 5.33. The molecule has 0 saturated heterocycles. The molecule has 0 bridgehead atoms. The number of nitrogens with zero attached hydrogens (tertiary/aromatic N) is 1. The molecule has 0 radical (unpaired) electrons. The highest BCUT2D eigenvalue weighted by Gasteiger charge is 2.38. The number of aromatic nitrogens is 1. The van der Waals surface area contributed by atoms with Gasteiger partial charge in [0, 0.05) is 12.2 Å². The van der Waals surface area contributed by atoms with Gasteiger partial charge in [-0.2, -0.15) is 0 Å². The minimum atomic E-state index is 0.373. The van der Waals surface area contributed by atoms with Crippen LogP contribution in [0.25, 0.3) is 0 Å². The molecule has 3 heteroatoms. The first-order valence-corrected chi connectivity index (χ1v) is 7.81. The average molecular weight is 276 g/mol. The van der Waals surface area contributed by atoms with Gasteiger partial charge in [-0.3, -0.25) is 4.98 Å². The summed E-state index contributed by atoms with van der Waals surface area (Å²) in [4.78, 5) is 4.34. The first-order chi connectivity index (χ1) is 9.58. The minimum Gasteiger partial charge on any atom is -0.495 e. The van der Waals surface area contributed by atoms with Gasteiger partial charge in [0.2, 0.25) is 0 Å². The molecule has 2 unspecified atom stereocenters. The van der Waals surface area contributed by atoms with Crippen molar-refractivity contribution < 1.29 is 4.74 Å². The van der Waals surface area contributed by atoms with Gasteiger partial charge in [0.25, 0.3) is 0 Å². The molecule has 1 N–H and O–H groups in total. The van der Waals surface area contributed by atoms with Crippen LogP contribution in [0.1, 0.15) is 58.1 Å². The molecule has 1 heterocycles. The molecule has 112 valence electrons. The molecule has 1 aromatic rings. The van der Waals surface area contributed by atoms with Crippen LogP contribution in [0.2, 0.25) is 0 Å². The predicted octanol–water partition coefficient (Wildman–Crippen LogP) is 3.96. The highest BCUT2D eigenvalue weighted by atomic mass is 16.5. The summed E-state index contributed by atoms with van der Waals surface area (Å²) in [6, 6.07) is 2.50. The predicted molar refractivity (Wildman–Crippen MR) is 82.9 cm³/mol. The Balaban J connectivity index is 2.29. The third-order valence-electron chi connectivity index (χ3n) is 4.75. The highest BCUT2D eigenvalue weighted by Crippen LogP contribution is 2.46. The quantitative estimate of drug-likeness (QED) is 0.884. The first-order valence-electron chi connectivity index (χ1n) is 7.81. The van der Waals surface area contributed by atoms with Gasteiger partial charge in [-0.05, 0) is 42.3 Å². The van der Waals surface area contributed by atoms with E-state index in [9.17, 15) is 0 Å². The van der Waals surface area contributed by atoms with Crippen LogP contribution in [0.3, 0.4) is 0 Å². The van der Waals surface area contributed by atoms with Crippen molar-refractivity contribution in [1.82, 2.24) is 10.3 Å². The number of rotatable bonds is 5. The summed E-state index contributed by atoms with van der Waals surface area (Å²) in [5.41, 5.74) is 1.64. The summed E-state index contributed by atoms with van der Waals surface area (Å²) in [5.74, 6) is 1.50. The van der Waals surface area contributed by atoms with E-state index in [-0.39, 0.29) is 0 Å². The summed E-state index contributed by atoms with van der Waals surface area (Å²) in [6.07, 6.45) is 9.07. The van der Waals surface area contributed by atoms with E-state index in [4.69, 9.17) is 4.74 Å². The second kappa shape index (κ2) is 6.57. The fourth-order valence-corrected chi connectivity index (χ4v) is 3.57. The van der Waals surface area contributed by atoms with Gasteiger partial charge in [-0.25, -0.2) is 0 Å². The van der Waals surface area contributed by atoms with Gasteiger partial charge in [0.1, 0.15) is 5.75 Å². The Morgan fingerprint density at radius 3 is 2.85 bits per heavy atom. The molecule has 0 spiro atoms. The Morgan fingerprint density at radius 1 is 1.40 bits per heavy atom. The van der Waals surface area contributed by atoms with Crippen LogP contribution in [0.4, 0.5) is 0 Å². The Morgan fingerprint density at radius 2 is 2.20 bits per heavy atom.